The molecule has 3 nitrogen and oxygen atoms in total. The van der Waals surface area contributed by atoms with E-state index in [1.54, 1.807) is 12.4 Å². The number of hydrogen-bond acceptors (Lipinski definition) is 2. The van der Waals surface area contributed by atoms with Crippen molar-refractivity contribution in [1.82, 2.24) is 9.97 Å². The quantitative estimate of drug-likeness (QED) is 0.664. The lowest BCUT2D eigenvalue weighted by molar-refractivity contribution is 1.32. The van der Waals surface area contributed by atoms with Crippen molar-refractivity contribution in [2.75, 3.05) is 5.73 Å². The molecule has 0 atom stereocenters. The summed E-state index contributed by atoms with van der Waals surface area (Å²) in [5.74, 6) is 0. The molecule has 0 unspecified atom stereocenters. The molecule has 0 aromatic carbocycles. The summed E-state index contributed by atoms with van der Waals surface area (Å²) < 4.78 is 0. The number of H-pyrrole nitrogens is 1. The maximum Gasteiger partial charge on any atom is 0.0595 e. The van der Waals surface area contributed by atoms with Crippen LogP contribution >= 0.6 is 0 Å². The second-order valence-corrected chi connectivity index (χ2v) is 2.55. The molecule has 0 fully saturated rings. The van der Waals surface area contributed by atoms with Crippen molar-refractivity contribution < 1.29 is 0 Å². The smallest absolute Gasteiger partial charge is 0.0595 e. The third-order valence-corrected chi connectivity index (χ3v) is 1.74. The van der Waals surface area contributed by atoms with E-state index in [2.05, 4.69) is 9.97 Å². The first-order valence-electron chi connectivity index (χ1n) is 3.71. The summed E-state index contributed by atoms with van der Waals surface area (Å²) >= 11 is 0. The SMILES string of the molecule is Nc1cnccc1-c1ccc[nH]1. The number of pyridine rings is 1. The number of anilines is 1. The average Bonchev–Trinajstić information content (AvgIpc) is 2.57. The fourth-order valence-electron chi connectivity index (χ4n) is 1.15. The zero-order valence-electron chi connectivity index (χ0n) is 6.49. The number of rotatable bonds is 1. The van der Waals surface area contributed by atoms with Crippen molar-refractivity contribution in [2.45, 2.75) is 0 Å². The fourth-order valence-corrected chi connectivity index (χ4v) is 1.15. The topological polar surface area (TPSA) is 54.7 Å². The molecule has 2 aromatic rings. The lowest BCUT2D eigenvalue weighted by Crippen LogP contribution is -1.90. The Balaban J connectivity index is 2.55. The van der Waals surface area contributed by atoms with Crippen molar-refractivity contribution in [3.05, 3.63) is 36.8 Å². The van der Waals surface area contributed by atoms with E-state index in [-0.39, 0.29) is 0 Å². The van der Waals surface area contributed by atoms with Gasteiger partial charge in [-0.15, -0.1) is 0 Å². The van der Waals surface area contributed by atoms with E-state index in [4.69, 9.17) is 5.73 Å². The zero-order chi connectivity index (χ0) is 8.39. The third kappa shape index (κ3) is 1.05. The third-order valence-electron chi connectivity index (χ3n) is 1.74. The maximum absolute atomic E-state index is 5.73. The van der Waals surface area contributed by atoms with Gasteiger partial charge in [0.25, 0.3) is 0 Å². The molecule has 0 amide bonds. The van der Waals surface area contributed by atoms with Crippen LogP contribution in [0, 0.1) is 0 Å². The van der Waals surface area contributed by atoms with Crippen LogP contribution in [0.1, 0.15) is 0 Å². The van der Waals surface area contributed by atoms with Crippen LogP contribution in [0.15, 0.2) is 36.8 Å². The number of nitrogens with one attached hydrogen (secondary N) is 1. The minimum atomic E-state index is 0.694. The van der Waals surface area contributed by atoms with Crippen LogP contribution in [0.5, 0.6) is 0 Å². The maximum atomic E-state index is 5.73. The molecule has 12 heavy (non-hydrogen) atoms. The van der Waals surface area contributed by atoms with Gasteiger partial charge in [-0.1, -0.05) is 0 Å². The predicted molar refractivity (Wildman–Crippen MR) is 48.4 cm³/mol. The molecule has 0 aliphatic heterocycles. The highest BCUT2D eigenvalue weighted by Gasteiger charge is 2.00. The number of aromatic nitrogens is 2. The van der Waals surface area contributed by atoms with Gasteiger partial charge in [0.1, 0.15) is 0 Å². The number of hydrogen-bond donors (Lipinski definition) is 2. The highest BCUT2D eigenvalue weighted by Crippen LogP contribution is 2.21. The van der Waals surface area contributed by atoms with Crippen LogP contribution in [0.4, 0.5) is 5.69 Å². The number of aromatic amines is 1. The number of nitrogens with zero attached hydrogens (tertiary/aromatic N) is 1. The van der Waals surface area contributed by atoms with Crippen LogP contribution in [-0.4, -0.2) is 9.97 Å². The monoisotopic (exact) mass is 159 g/mol. The zero-order valence-corrected chi connectivity index (χ0v) is 6.49. The fraction of sp³-hybridized carbons (Fsp3) is 0. The molecule has 60 valence electrons. The molecule has 0 saturated heterocycles. The van der Waals surface area contributed by atoms with Gasteiger partial charge in [-0.3, -0.25) is 4.98 Å². The van der Waals surface area contributed by atoms with Crippen molar-refractivity contribution in [2.24, 2.45) is 0 Å². The number of nitrogens with two attached hydrogens (primary N) is 1. The molecular weight excluding hydrogens is 150 g/mol. The van der Waals surface area contributed by atoms with Crippen LogP contribution in [-0.2, 0) is 0 Å². The van der Waals surface area contributed by atoms with Crippen LogP contribution in [0.25, 0.3) is 11.3 Å². The molecule has 0 spiro atoms. The van der Waals surface area contributed by atoms with Crippen molar-refractivity contribution in [3.8, 4) is 11.3 Å². The lowest BCUT2D eigenvalue weighted by Gasteiger charge is -2.00. The summed E-state index contributed by atoms with van der Waals surface area (Å²) in [5, 5.41) is 0. The molecule has 3 N–H and O–H groups in total. The first kappa shape index (κ1) is 6.91. The molecule has 3 heteroatoms. The number of nitrogen functional groups attached to an aromatic ring is 1. The Hall–Kier alpha value is -1.77. The molecule has 0 saturated carbocycles. The van der Waals surface area contributed by atoms with Gasteiger partial charge in [-0.05, 0) is 18.2 Å². The Bertz CT molecular complexity index is 365. The molecule has 0 bridgehead atoms. The van der Waals surface area contributed by atoms with Crippen molar-refractivity contribution in [3.63, 3.8) is 0 Å². The van der Waals surface area contributed by atoms with Crippen LogP contribution in [0.3, 0.4) is 0 Å². The van der Waals surface area contributed by atoms with E-state index in [0.717, 1.165) is 11.3 Å². The average molecular weight is 159 g/mol. The Labute approximate surface area is 70.3 Å². The summed E-state index contributed by atoms with van der Waals surface area (Å²) in [7, 11) is 0. The van der Waals surface area contributed by atoms with Crippen LogP contribution in [0.2, 0.25) is 0 Å². The largest absolute Gasteiger partial charge is 0.397 e. The molecule has 2 aromatic heterocycles. The van der Waals surface area contributed by atoms with Gasteiger partial charge in [0, 0.05) is 23.7 Å². The summed E-state index contributed by atoms with van der Waals surface area (Å²) in [6.45, 7) is 0. The van der Waals surface area contributed by atoms with Gasteiger partial charge < -0.3 is 10.7 Å². The first-order valence-corrected chi connectivity index (χ1v) is 3.71. The van der Waals surface area contributed by atoms with E-state index >= 15 is 0 Å². The Morgan fingerprint density at radius 3 is 2.92 bits per heavy atom. The second-order valence-electron chi connectivity index (χ2n) is 2.55. The summed E-state index contributed by atoms with van der Waals surface area (Å²) in [5.41, 5.74) is 8.44. The van der Waals surface area contributed by atoms with E-state index in [1.165, 1.54) is 0 Å². The predicted octanol–water partition coefficient (Wildman–Crippen LogP) is 1.66. The van der Waals surface area contributed by atoms with Crippen LogP contribution < -0.4 is 5.73 Å². The minimum absolute atomic E-state index is 0.694. The van der Waals surface area contributed by atoms with E-state index < -0.39 is 0 Å². The summed E-state index contributed by atoms with van der Waals surface area (Å²) in [4.78, 5) is 7.00. The second kappa shape index (κ2) is 2.70. The van der Waals surface area contributed by atoms with Gasteiger partial charge >= 0.3 is 0 Å². The van der Waals surface area contributed by atoms with Gasteiger partial charge in [0.2, 0.25) is 0 Å². The lowest BCUT2D eigenvalue weighted by atomic mass is 10.2. The van der Waals surface area contributed by atoms with Crippen molar-refractivity contribution in [1.29, 1.82) is 0 Å². The molecule has 2 rings (SSSR count). The Morgan fingerprint density at radius 2 is 2.25 bits per heavy atom. The van der Waals surface area contributed by atoms with E-state index in [1.807, 2.05) is 24.4 Å². The minimum Gasteiger partial charge on any atom is -0.397 e. The Morgan fingerprint density at radius 1 is 1.33 bits per heavy atom. The van der Waals surface area contributed by atoms with Gasteiger partial charge in [0.15, 0.2) is 0 Å². The van der Waals surface area contributed by atoms with Gasteiger partial charge in [-0.2, -0.15) is 0 Å². The molecule has 0 radical (unpaired) electrons. The first-order chi connectivity index (χ1) is 5.88. The van der Waals surface area contributed by atoms with Gasteiger partial charge in [-0.25, -0.2) is 0 Å². The normalized spacial score (nSPS) is 10.0. The highest BCUT2D eigenvalue weighted by molar-refractivity contribution is 5.72. The summed E-state index contributed by atoms with van der Waals surface area (Å²) in [6.07, 6.45) is 5.25. The molecular formula is C9H9N3. The standard InChI is InChI=1S/C9H9N3/c10-8-6-11-5-3-7(8)9-2-1-4-12-9/h1-6,12H,10H2. The van der Waals surface area contributed by atoms with Gasteiger partial charge in [0.05, 0.1) is 11.9 Å². The van der Waals surface area contributed by atoms with Crippen molar-refractivity contribution >= 4 is 5.69 Å². The van der Waals surface area contributed by atoms with E-state index in [0.29, 0.717) is 5.69 Å². The highest BCUT2D eigenvalue weighted by atomic mass is 14.7. The molecule has 0 aliphatic rings. The Kier molecular flexibility index (Phi) is 1.55. The van der Waals surface area contributed by atoms with E-state index in [9.17, 15) is 0 Å². The molecule has 0 aliphatic carbocycles. The molecule has 2 heterocycles. The summed E-state index contributed by atoms with van der Waals surface area (Å²) in [6, 6.07) is 5.81.